The number of allylic oxidation sites excluding steroid dienone is 1. The Morgan fingerprint density at radius 2 is 1.96 bits per heavy atom. The molecule has 0 saturated heterocycles. The first-order chi connectivity index (χ1) is 12.5. The van der Waals surface area contributed by atoms with Gasteiger partial charge in [0.25, 0.3) is 0 Å². The molecule has 0 radical (unpaired) electrons. The van der Waals surface area contributed by atoms with Crippen molar-refractivity contribution in [3.63, 3.8) is 0 Å². The third-order valence-electron chi connectivity index (χ3n) is 3.89. The molecular formula is C20H16ClFN2O2. The first-order valence-electron chi connectivity index (χ1n) is 7.87. The van der Waals surface area contributed by atoms with E-state index >= 15 is 0 Å². The molecule has 0 spiro atoms. The molecule has 0 atom stereocenters. The maximum atomic E-state index is 14.0. The number of para-hydroxylation sites is 1. The van der Waals surface area contributed by atoms with Gasteiger partial charge in [0, 0.05) is 11.6 Å². The zero-order chi connectivity index (χ0) is 18.7. The van der Waals surface area contributed by atoms with Crippen LogP contribution in [0.5, 0.6) is 5.75 Å². The number of carbonyl (C=O) groups is 1. The summed E-state index contributed by atoms with van der Waals surface area (Å²) in [6, 6.07) is 13.5. The van der Waals surface area contributed by atoms with Gasteiger partial charge in [0.15, 0.2) is 5.78 Å². The predicted molar refractivity (Wildman–Crippen MR) is 99.6 cm³/mol. The third-order valence-corrected chi connectivity index (χ3v) is 4.26. The molecule has 0 N–H and O–H groups in total. The maximum Gasteiger partial charge on any atom is 0.188 e. The molecule has 0 unspecified atom stereocenters. The SMILES string of the molecule is COc1ccc(C(=O)C=Cc2c(C)nn(-c3ccccc3)c2Cl)c(F)c1. The number of ketones is 1. The van der Waals surface area contributed by atoms with Gasteiger partial charge in [-0.15, -0.1) is 0 Å². The smallest absolute Gasteiger partial charge is 0.188 e. The van der Waals surface area contributed by atoms with E-state index in [1.807, 2.05) is 30.3 Å². The molecular weight excluding hydrogens is 355 g/mol. The Hall–Kier alpha value is -2.92. The van der Waals surface area contributed by atoms with Crippen molar-refractivity contribution in [3.05, 3.63) is 82.4 Å². The Morgan fingerprint density at radius 3 is 2.62 bits per heavy atom. The highest BCUT2D eigenvalue weighted by Crippen LogP contribution is 2.25. The van der Waals surface area contributed by atoms with Crippen molar-refractivity contribution in [1.82, 2.24) is 9.78 Å². The average Bonchev–Trinajstić information content (AvgIpc) is 2.94. The molecule has 0 saturated carbocycles. The highest BCUT2D eigenvalue weighted by molar-refractivity contribution is 6.31. The predicted octanol–water partition coefficient (Wildman–Crippen LogP) is 4.88. The van der Waals surface area contributed by atoms with Crippen LogP contribution in [0.2, 0.25) is 5.15 Å². The van der Waals surface area contributed by atoms with Crippen LogP contribution in [0.4, 0.5) is 4.39 Å². The maximum absolute atomic E-state index is 14.0. The normalized spacial score (nSPS) is 11.1. The number of carbonyl (C=O) groups excluding carboxylic acids is 1. The summed E-state index contributed by atoms with van der Waals surface area (Å²) in [5.74, 6) is -0.749. The highest BCUT2D eigenvalue weighted by Gasteiger charge is 2.14. The van der Waals surface area contributed by atoms with Gasteiger partial charge >= 0.3 is 0 Å². The molecule has 3 rings (SSSR count). The number of ether oxygens (including phenoxy) is 1. The van der Waals surface area contributed by atoms with E-state index in [-0.39, 0.29) is 5.56 Å². The van der Waals surface area contributed by atoms with E-state index < -0.39 is 11.6 Å². The molecule has 1 aromatic heterocycles. The molecule has 132 valence electrons. The van der Waals surface area contributed by atoms with Gasteiger partial charge in [-0.3, -0.25) is 4.79 Å². The topological polar surface area (TPSA) is 44.1 Å². The fourth-order valence-corrected chi connectivity index (χ4v) is 2.85. The van der Waals surface area contributed by atoms with E-state index in [0.29, 0.717) is 22.2 Å². The Morgan fingerprint density at radius 1 is 1.23 bits per heavy atom. The summed E-state index contributed by atoms with van der Waals surface area (Å²) in [6.07, 6.45) is 2.84. The van der Waals surface area contributed by atoms with Crippen LogP contribution in [0, 0.1) is 12.7 Å². The van der Waals surface area contributed by atoms with Gasteiger partial charge in [-0.2, -0.15) is 5.10 Å². The fraction of sp³-hybridized carbons (Fsp3) is 0.100. The summed E-state index contributed by atoms with van der Waals surface area (Å²) >= 11 is 6.41. The minimum absolute atomic E-state index is 0.0359. The summed E-state index contributed by atoms with van der Waals surface area (Å²) in [7, 11) is 1.44. The summed E-state index contributed by atoms with van der Waals surface area (Å²) in [5, 5.41) is 4.79. The van der Waals surface area contributed by atoms with E-state index in [4.69, 9.17) is 16.3 Å². The van der Waals surface area contributed by atoms with Gasteiger partial charge in [-0.1, -0.05) is 29.8 Å². The number of aryl methyl sites for hydroxylation is 1. The number of halogens is 2. The second-order valence-corrected chi connectivity index (χ2v) is 5.94. The van der Waals surface area contributed by atoms with Gasteiger partial charge in [0.1, 0.15) is 16.7 Å². The van der Waals surface area contributed by atoms with Crippen LogP contribution in [0.1, 0.15) is 21.6 Å². The quantitative estimate of drug-likeness (QED) is 0.475. The van der Waals surface area contributed by atoms with Crippen LogP contribution in [0.25, 0.3) is 11.8 Å². The summed E-state index contributed by atoms with van der Waals surface area (Å²) in [5.41, 5.74) is 2.05. The second kappa shape index (κ2) is 7.54. The highest BCUT2D eigenvalue weighted by atomic mass is 35.5. The molecule has 1 heterocycles. The van der Waals surface area contributed by atoms with Crippen LogP contribution in [0.3, 0.4) is 0 Å². The minimum atomic E-state index is -0.637. The number of hydrogen-bond donors (Lipinski definition) is 0. The Labute approximate surface area is 155 Å². The van der Waals surface area contributed by atoms with E-state index in [1.165, 1.54) is 31.4 Å². The van der Waals surface area contributed by atoms with Crippen molar-refractivity contribution in [2.75, 3.05) is 7.11 Å². The van der Waals surface area contributed by atoms with Crippen molar-refractivity contribution in [2.24, 2.45) is 0 Å². The number of rotatable bonds is 5. The summed E-state index contributed by atoms with van der Waals surface area (Å²) in [4.78, 5) is 12.3. The molecule has 2 aromatic carbocycles. The lowest BCUT2D eigenvalue weighted by Gasteiger charge is -2.03. The molecule has 4 nitrogen and oxygen atoms in total. The molecule has 0 amide bonds. The molecule has 26 heavy (non-hydrogen) atoms. The number of methoxy groups -OCH3 is 1. The molecule has 0 aliphatic heterocycles. The van der Waals surface area contributed by atoms with Crippen molar-refractivity contribution < 1.29 is 13.9 Å². The van der Waals surface area contributed by atoms with Gasteiger partial charge in [0.05, 0.1) is 24.1 Å². The van der Waals surface area contributed by atoms with Crippen LogP contribution in [-0.2, 0) is 0 Å². The molecule has 0 fully saturated rings. The molecule has 0 bridgehead atoms. The standard InChI is InChI=1S/C20H16ClFN2O2/c1-13-16(20(21)24(23-13)14-6-4-3-5-7-14)10-11-19(25)17-9-8-15(26-2)12-18(17)22/h3-12H,1-2H3. The summed E-state index contributed by atoms with van der Waals surface area (Å²) in [6.45, 7) is 1.80. The van der Waals surface area contributed by atoms with E-state index in [2.05, 4.69) is 5.10 Å². The number of aromatic nitrogens is 2. The Bertz CT molecular complexity index is 981. The molecule has 3 aromatic rings. The van der Waals surface area contributed by atoms with Crippen LogP contribution in [-0.4, -0.2) is 22.7 Å². The monoisotopic (exact) mass is 370 g/mol. The van der Waals surface area contributed by atoms with Gasteiger partial charge < -0.3 is 4.74 Å². The first kappa shape index (κ1) is 17.9. The second-order valence-electron chi connectivity index (χ2n) is 5.58. The Balaban J connectivity index is 1.89. The molecule has 6 heteroatoms. The lowest BCUT2D eigenvalue weighted by molar-refractivity contribution is 0.104. The largest absolute Gasteiger partial charge is 0.497 e. The average molecular weight is 371 g/mol. The number of benzene rings is 2. The van der Waals surface area contributed by atoms with Crippen molar-refractivity contribution in [2.45, 2.75) is 6.92 Å². The van der Waals surface area contributed by atoms with E-state index in [9.17, 15) is 9.18 Å². The zero-order valence-electron chi connectivity index (χ0n) is 14.2. The van der Waals surface area contributed by atoms with Crippen LogP contribution in [0.15, 0.2) is 54.6 Å². The first-order valence-corrected chi connectivity index (χ1v) is 8.25. The van der Waals surface area contributed by atoms with Gasteiger partial charge in [-0.25, -0.2) is 9.07 Å². The number of hydrogen-bond acceptors (Lipinski definition) is 3. The Kier molecular flexibility index (Phi) is 5.19. The molecule has 0 aliphatic carbocycles. The van der Waals surface area contributed by atoms with Crippen molar-refractivity contribution in [1.29, 1.82) is 0 Å². The molecule has 0 aliphatic rings. The summed E-state index contributed by atoms with van der Waals surface area (Å²) < 4.78 is 20.5. The van der Waals surface area contributed by atoms with Crippen molar-refractivity contribution >= 4 is 23.5 Å². The minimum Gasteiger partial charge on any atom is -0.497 e. The zero-order valence-corrected chi connectivity index (χ0v) is 15.0. The third kappa shape index (κ3) is 3.53. The lowest BCUT2D eigenvalue weighted by Crippen LogP contribution is -1.99. The van der Waals surface area contributed by atoms with Crippen LogP contribution >= 0.6 is 11.6 Å². The van der Waals surface area contributed by atoms with E-state index in [0.717, 1.165) is 5.69 Å². The van der Waals surface area contributed by atoms with Crippen molar-refractivity contribution in [3.8, 4) is 11.4 Å². The van der Waals surface area contributed by atoms with Gasteiger partial charge in [0.2, 0.25) is 0 Å². The number of nitrogens with zero attached hydrogens (tertiary/aromatic N) is 2. The van der Waals surface area contributed by atoms with E-state index in [1.54, 1.807) is 17.7 Å². The van der Waals surface area contributed by atoms with Crippen LogP contribution < -0.4 is 4.74 Å². The fourth-order valence-electron chi connectivity index (χ4n) is 2.51. The lowest BCUT2D eigenvalue weighted by atomic mass is 10.1. The van der Waals surface area contributed by atoms with Gasteiger partial charge in [-0.05, 0) is 43.3 Å².